The monoisotopic (exact) mass is 185 g/mol. The minimum Gasteiger partial charge on any atom is -0.391 e. The molecule has 0 aromatic heterocycles. The van der Waals surface area contributed by atoms with Crippen molar-refractivity contribution in [1.29, 1.82) is 0 Å². The normalized spacial score (nSPS) is 24.2. The first-order chi connectivity index (χ1) is 6.25. The number of hydrogen-bond acceptors (Lipinski definition) is 2. The van der Waals surface area contributed by atoms with Crippen molar-refractivity contribution in [3.05, 3.63) is 0 Å². The van der Waals surface area contributed by atoms with Crippen molar-refractivity contribution in [3.8, 4) is 0 Å². The molecule has 0 amide bonds. The van der Waals surface area contributed by atoms with Gasteiger partial charge in [0, 0.05) is 6.04 Å². The molecule has 0 bridgehead atoms. The lowest BCUT2D eigenvalue weighted by molar-refractivity contribution is 0.0562. The fraction of sp³-hybridized carbons (Fsp3) is 1.00. The second-order valence-corrected chi connectivity index (χ2v) is 4.24. The van der Waals surface area contributed by atoms with E-state index < -0.39 is 0 Å². The Hall–Kier alpha value is -0.0800. The van der Waals surface area contributed by atoms with E-state index in [-0.39, 0.29) is 12.1 Å². The minimum atomic E-state index is -0.139. The standard InChI is InChI=1S/C11H23NO/c1-3-12-9(2)11(13)10-7-5-4-6-8-10/h9-13H,3-8H2,1-2H3. The Morgan fingerprint density at radius 2 is 1.92 bits per heavy atom. The van der Waals surface area contributed by atoms with Crippen LogP contribution < -0.4 is 5.32 Å². The van der Waals surface area contributed by atoms with E-state index in [1.807, 2.05) is 0 Å². The SMILES string of the molecule is CCNC(C)C(O)C1CCCCC1. The topological polar surface area (TPSA) is 32.3 Å². The van der Waals surface area contributed by atoms with Gasteiger partial charge in [0.1, 0.15) is 0 Å². The first-order valence-corrected chi connectivity index (χ1v) is 5.67. The average molecular weight is 185 g/mol. The molecule has 0 aliphatic heterocycles. The van der Waals surface area contributed by atoms with Gasteiger partial charge in [-0.3, -0.25) is 0 Å². The Bertz CT molecular complexity index is 132. The molecule has 13 heavy (non-hydrogen) atoms. The zero-order valence-corrected chi connectivity index (χ0v) is 8.92. The molecule has 2 nitrogen and oxygen atoms in total. The summed E-state index contributed by atoms with van der Waals surface area (Å²) in [7, 11) is 0. The summed E-state index contributed by atoms with van der Waals surface area (Å²) in [6, 6.07) is 0.257. The van der Waals surface area contributed by atoms with Crippen molar-refractivity contribution in [2.75, 3.05) is 6.54 Å². The average Bonchev–Trinajstić information content (AvgIpc) is 2.18. The summed E-state index contributed by atoms with van der Waals surface area (Å²) in [4.78, 5) is 0. The van der Waals surface area contributed by atoms with Gasteiger partial charge in [0.05, 0.1) is 6.10 Å². The molecule has 1 saturated carbocycles. The van der Waals surface area contributed by atoms with E-state index in [9.17, 15) is 5.11 Å². The van der Waals surface area contributed by atoms with Gasteiger partial charge >= 0.3 is 0 Å². The van der Waals surface area contributed by atoms with Crippen molar-refractivity contribution in [2.45, 2.75) is 58.1 Å². The fourth-order valence-corrected chi connectivity index (χ4v) is 2.33. The number of nitrogens with one attached hydrogen (secondary N) is 1. The lowest BCUT2D eigenvalue weighted by Gasteiger charge is -2.30. The molecule has 1 fully saturated rings. The number of rotatable bonds is 4. The van der Waals surface area contributed by atoms with Crippen LogP contribution in [0.3, 0.4) is 0 Å². The number of aliphatic hydroxyl groups is 1. The Morgan fingerprint density at radius 3 is 2.46 bits per heavy atom. The van der Waals surface area contributed by atoms with Gasteiger partial charge in [-0.05, 0) is 32.2 Å². The van der Waals surface area contributed by atoms with Gasteiger partial charge in [0.25, 0.3) is 0 Å². The van der Waals surface area contributed by atoms with Gasteiger partial charge in [0.2, 0.25) is 0 Å². The quantitative estimate of drug-likeness (QED) is 0.701. The van der Waals surface area contributed by atoms with E-state index in [2.05, 4.69) is 19.2 Å². The van der Waals surface area contributed by atoms with E-state index in [1.165, 1.54) is 32.1 Å². The van der Waals surface area contributed by atoms with Crippen molar-refractivity contribution in [3.63, 3.8) is 0 Å². The molecule has 0 spiro atoms. The Labute approximate surface area is 81.7 Å². The maximum atomic E-state index is 10.0. The second kappa shape index (κ2) is 5.61. The lowest BCUT2D eigenvalue weighted by atomic mass is 9.83. The second-order valence-electron chi connectivity index (χ2n) is 4.24. The summed E-state index contributed by atoms with van der Waals surface area (Å²) < 4.78 is 0. The summed E-state index contributed by atoms with van der Waals surface area (Å²) in [5, 5.41) is 13.3. The van der Waals surface area contributed by atoms with Crippen LogP contribution in [0, 0.1) is 5.92 Å². The highest BCUT2D eigenvalue weighted by molar-refractivity contribution is 4.80. The van der Waals surface area contributed by atoms with Crippen LogP contribution in [0.1, 0.15) is 46.0 Å². The van der Waals surface area contributed by atoms with Crippen LogP contribution in [0.25, 0.3) is 0 Å². The molecular formula is C11H23NO. The van der Waals surface area contributed by atoms with Crippen molar-refractivity contribution < 1.29 is 5.11 Å². The van der Waals surface area contributed by atoms with Crippen LogP contribution in [-0.2, 0) is 0 Å². The van der Waals surface area contributed by atoms with Crippen molar-refractivity contribution >= 4 is 0 Å². The van der Waals surface area contributed by atoms with Gasteiger partial charge in [-0.15, -0.1) is 0 Å². The van der Waals surface area contributed by atoms with Gasteiger partial charge in [-0.2, -0.15) is 0 Å². The maximum absolute atomic E-state index is 10.0. The van der Waals surface area contributed by atoms with Crippen molar-refractivity contribution in [1.82, 2.24) is 5.32 Å². The molecule has 0 heterocycles. The molecule has 2 atom stereocenters. The van der Waals surface area contributed by atoms with Crippen molar-refractivity contribution in [2.24, 2.45) is 5.92 Å². The molecule has 1 aliphatic carbocycles. The smallest absolute Gasteiger partial charge is 0.0718 e. The third-order valence-corrected chi connectivity index (χ3v) is 3.17. The Morgan fingerprint density at radius 1 is 1.31 bits per heavy atom. The summed E-state index contributed by atoms with van der Waals surface area (Å²) in [5.41, 5.74) is 0. The molecule has 2 unspecified atom stereocenters. The van der Waals surface area contributed by atoms with Gasteiger partial charge in [-0.25, -0.2) is 0 Å². The first-order valence-electron chi connectivity index (χ1n) is 5.67. The lowest BCUT2D eigenvalue weighted by Crippen LogP contribution is -2.42. The Balaban J connectivity index is 2.31. The first kappa shape index (κ1) is 11.0. The molecular weight excluding hydrogens is 162 g/mol. The zero-order chi connectivity index (χ0) is 9.68. The van der Waals surface area contributed by atoms with E-state index in [1.54, 1.807) is 0 Å². The number of likely N-dealkylation sites (N-methyl/N-ethyl adjacent to an activating group) is 1. The van der Waals surface area contributed by atoms with Gasteiger partial charge in [-0.1, -0.05) is 26.2 Å². The summed E-state index contributed by atoms with van der Waals surface area (Å²) in [5.74, 6) is 0.544. The van der Waals surface area contributed by atoms with Crippen LogP contribution in [0.4, 0.5) is 0 Å². The fourth-order valence-electron chi connectivity index (χ4n) is 2.33. The summed E-state index contributed by atoms with van der Waals surface area (Å²) in [6.45, 7) is 5.12. The highest BCUT2D eigenvalue weighted by Gasteiger charge is 2.25. The molecule has 2 N–H and O–H groups in total. The number of aliphatic hydroxyl groups excluding tert-OH is 1. The minimum absolute atomic E-state index is 0.139. The molecule has 1 aliphatic rings. The van der Waals surface area contributed by atoms with Crippen LogP contribution in [0.2, 0.25) is 0 Å². The third-order valence-electron chi connectivity index (χ3n) is 3.17. The van der Waals surface area contributed by atoms with Gasteiger partial charge in [0.15, 0.2) is 0 Å². The third kappa shape index (κ3) is 3.28. The highest BCUT2D eigenvalue weighted by Crippen LogP contribution is 2.27. The largest absolute Gasteiger partial charge is 0.391 e. The molecule has 0 aromatic carbocycles. The summed E-state index contributed by atoms with van der Waals surface area (Å²) >= 11 is 0. The summed E-state index contributed by atoms with van der Waals surface area (Å²) in [6.07, 6.45) is 6.27. The molecule has 0 saturated heterocycles. The molecule has 0 radical (unpaired) electrons. The number of hydrogen-bond donors (Lipinski definition) is 2. The van der Waals surface area contributed by atoms with Crippen LogP contribution in [0.15, 0.2) is 0 Å². The molecule has 78 valence electrons. The zero-order valence-electron chi connectivity index (χ0n) is 8.92. The van der Waals surface area contributed by atoms with Crippen LogP contribution in [0.5, 0.6) is 0 Å². The predicted octanol–water partition coefficient (Wildman–Crippen LogP) is 1.93. The Kier molecular flexibility index (Phi) is 4.74. The maximum Gasteiger partial charge on any atom is 0.0718 e. The van der Waals surface area contributed by atoms with Gasteiger partial charge < -0.3 is 10.4 Å². The predicted molar refractivity (Wildman–Crippen MR) is 55.7 cm³/mol. The van der Waals surface area contributed by atoms with E-state index in [4.69, 9.17) is 0 Å². The van der Waals surface area contributed by atoms with E-state index in [0.29, 0.717) is 5.92 Å². The molecule has 2 heteroatoms. The van der Waals surface area contributed by atoms with E-state index in [0.717, 1.165) is 6.54 Å². The highest BCUT2D eigenvalue weighted by atomic mass is 16.3. The van der Waals surface area contributed by atoms with Crippen LogP contribution >= 0.6 is 0 Å². The van der Waals surface area contributed by atoms with E-state index >= 15 is 0 Å². The molecule has 1 rings (SSSR count). The molecule has 0 aromatic rings. The van der Waals surface area contributed by atoms with Crippen LogP contribution in [-0.4, -0.2) is 23.8 Å².